The summed E-state index contributed by atoms with van der Waals surface area (Å²) in [5.41, 5.74) is 9.73. The number of fused-ring (bicyclic) bond motifs is 12. The maximum atomic E-state index is 5.23. The van der Waals surface area contributed by atoms with E-state index >= 15 is 0 Å². The molecule has 14 aromatic rings. The van der Waals surface area contributed by atoms with E-state index in [0.717, 1.165) is 39.1 Å². The van der Waals surface area contributed by atoms with Crippen molar-refractivity contribution in [3.8, 4) is 45.5 Å². The van der Waals surface area contributed by atoms with Crippen molar-refractivity contribution in [2.75, 3.05) is 0 Å². The highest BCUT2D eigenvalue weighted by atomic mass is 32.1. The molecule has 0 unspecified atom stereocenters. The SMILES string of the molecule is c1ccc(-n2c3ccccc3c3cc4c5ccccc5n(-c5ccc(-c6nc(-c7ccc8sc9ccccc9c8c7)nc(-c7ccc8sc9ccccc9c8c7)n6)cc5)c4cc32)cc1. The fourth-order valence-corrected chi connectivity index (χ4v) is 12.0. The molecule has 14 rings (SSSR count). The fraction of sp³-hybridized carbons (Fsp3) is 0. The first-order valence-electron chi connectivity index (χ1n) is 21.4. The van der Waals surface area contributed by atoms with Crippen molar-refractivity contribution in [3.63, 3.8) is 0 Å². The van der Waals surface area contributed by atoms with Crippen molar-refractivity contribution < 1.29 is 0 Å². The number of para-hydroxylation sites is 3. The third-order valence-electron chi connectivity index (χ3n) is 12.8. The Bertz CT molecular complexity index is 4060. The minimum absolute atomic E-state index is 0.633. The van der Waals surface area contributed by atoms with Crippen LogP contribution < -0.4 is 0 Å². The van der Waals surface area contributed by atoms with Gasteiger partial charge in [-0.2, -0.15) is 0 Å². The molecule has 0 aliphatic rings. The van der Waals surface area contributed by atoms with Gasteiger partial charge in [0.2, 0.25) is 0 Å². The molecule has 64 heavy (non-hydrogen) atoms. The summed E-state index contributed by atoms with van der Waals surface area (Å²) in [5.74, 6) is 1.93. The number of nitrogens with zero attached hydrogens (tertiary/aromatic N) is 5. The maximum Gasteiger partial charge on any atom is 0.164 e. The molecule has 0 radical (unpaired) electrons. The number of rotatable bonds is 5. The normalized spacial score (nSPS) is 12.1. The molecule has 0 fully saturated rings. The lowest BCUT2D eigenvalue weighted by Gasteiger charge is -2.12. The molecule has 0 saturated carbocycles. The molecule has 5 aromatic heterocycles. The van der Waals surface area contributed by atoms with Gasteiger partial charge in [0, 0.05) is 90.0 Å². The number of hydrogen-bond donors (Lipinski definition) is 0. The average Bonchev–Trinajstić information content (AvgIpc) is 4.10. The molecule has 5 nitrogen and oxygen atoms in total. The van der Waals surface area contributed by atoms with E-state index in [1.807, 2.05) is 22.7 Å². The Hall–Kier alpha value is -7.97. The van der Waals surface area contributed by atoms with Crippen molar-refractivity contribution in [2.24, 2.45) is 0 Å². The Labute approximate surface area is 374 Å². The Morgan fingerprint density at radius 3 is 1.20 bits per heavy atom. The van der Waals surface area contributed by atoms with E-state index in [1.54, 1.807) is 0 Å². The molecule has 298 valence electrons. The zero-order valence-corrected chi connectivity index (χ0v) is 35.7. The number of benzene rings is 9. The summed E-state index contributed by atoms with van der Waals surface area (Å²) in [6.45, 7) is 0. The van der Waals surface area contributed by atoms with Crippen LogP contribution in [-0.4, -0.2) is 24.1 Å². The minimum Gasteiger partial charge on any atom is -0.309 e. The summed E-state index contributed by atoms with van der Waals surface area (Å²) < 4.78 is 9.83. The van der Waals surface area contributed by atoms with E-state index in [2.05, 4.69) is 209 Å². The summed E-state index contributed by atoms with van der Waals surface area (Å²) in [6.07, 6.45) is 0. The molecule has 7 heteroatoms. The zero-order chi connectivity index (χ0) is 41.9. The van der Waals surface area contributed by atoms with Crippen molar-refractivity contribution in [1.29, 1.82) is 0 Å². The second-order valence-electron chi connectivity index (χ2n) is 16.4. The van der Waals surface area contributed by atoms with Crippen molar-refractivity contribution >= 4 is 107 Å². The predicted octanol–water partition coefficient (Wildman–Crippen LogP) is 15.8. The van der Waals surface area contributed by atoms with Gasteiger partial charge in [0.1, 0.15) is 0 Å². The molecule has 0 amide bonds. The van der Waals surface area contributed by atoms with Gasteiger partial charge in [-0.25, -0.2) is 15.0 Å². The molecule has 0 aliphatic heterocycles. The highest BCUT2D eigenvalue weighted by molar-refractivity contribution is 7.26. The highest BCUT2D eigenvalue weighted by Crippen LogP contribution is 2.41. The maximum absolute atomic E-state index is 5.23. The molecular formula is C57H33N5S2. The van der Waals surface area contributed by atoms with Crippen molar-refractivity contribution in [1.82, 2.24) is 24.1 Å². The molecule has 0 N–H and O–H groups in total. The molecule has 0 spiro atoms. The number of aromatic nitrogens is 5. The number of hydrogen-bond acceptors (Lipinski definition) is 5. The Morgan fingerprint density at radius 2 is 0.672 bits per heavy atom. The molecule has 0 atom stereocenters. The molecule has 0 aliphatic carbocycles. The Kier molecular flexibility index (Phi) is 7.66. The Balaban J connectivity index is 0.948. The first-order valence-corrected chi connectivity index (χ1v) is 23.1. The lowest BCUT2D eigenvalue weighted by atomic mass is 10.1. The van der Waals surface area contributed by atoms with Crippen LogP contribution in [0.4, 0.5) is 0 Å². The van der Waals surface area contributed by atoms with E-state index < -0.39 is 0 Å². The van der Waals surface area contributed by atoms with Gasteiger partial charge < -0.3 is 9.13 Å². The Morgan fingerprint density at radius 1 is 0.266 bits per heavy atom. The highest BCUT2D eigenvalue weighted by Gasteiger charge is 2.20. The minimum atomic E-state index is 0.633. The van der Waals surface area contributed by atoms with Crippen LogP contribution in [0.25, 0.3) is 129 Å². The lowest BCUT2D eigenvalue weighted by Crippen LogP contribution is -2.00. The van der Waals surface area contributed by atoms with E-state index in [9.17, 15) is 0 Å². The first kappa shape index (κ1) is 35.6. The molecule has 0 bridgehead atoms. The quantitative estimate of drug-likeness (QED) is 0.173. The first-order chi connectivity index (χ1) is 31.7. The topological polar surface area (TPSA) is 48.5 Å². The molecule has 9 aromatic carbocycles. The van der Waals surface area contributed by atoms with Gasteiger partial charge in [0.05, 0.1) is 22.1 Å². The van der Waals surface area contributed by atoms with Crippen LogP contribution >= 0.6 is 22.7 Å². The second kappa shape index (κ2) is 13.8. The second-order valence-corrected chi connectivity index (χ2v) is 18.6. The van der Waals surface area contributed by atoms with Gasteiger partial charge in [-0.3, -0.25) is 0 Å². The summed E-state index contributed by atoms with van der Waals surface area (Å²) in [5, 5.41) is 9.85. The zero-order valence-electron chi connectivity index (χ0n) is 34.1. The third-order valence-corrected chi connectivity index (χ3v) is 15.1. The van der Waals surface area contributed by atoms with Crippen LogP contribution in [0.2, 0.25) is 0 Å². The average molecular weight is 852 g/mol. The summed E-state index contributed by atoms with van der Waals surface area (Å²) >= 11 is 3.63. The van der Waals surface area contributed by atoms with Gasteiger partial charge in [-0.1, -0.05) is 91.0 Å². The van der Waals surface area contributed by atoms with Crippen LogP contribution in [0.3, 0.4) is 0 Å². The predicted molar refractivity (Wildman–Crippen MR) is 271 cm³/mol. The van der Waals surface area contributed by atoms with E-state index in [0.29, 0.717) is 17.5 Å². The molecule has 5 heterocycles. The van der Waals surface area contributed by atoms with Crippen LogP contribution in [0.1, 0.15) is 0 Å². The summed E-state index contributed by atoms with van der Waals surface area (Å²) in [7, 11) is 0. The van der Waals surface area contributed by atoms with Crippen molar-refractivity contribution in [2.45, 2.75) is 0 Å². The largest absolute Gasteiger partial charge is 0.309 e. The van der Waals surface area contributed by atoms with Crippen LogP contribution in [0, 0.1) is 0 Å². The standard InChI is InChI=1S/C57H33N5S2/c1-2-12-37(13-3-1)61-47-18-8-4-14-39(47)43-32-44-40-15-5-9-19-48(40)62(50(44)33-49(43)61)38-26-22-34(23-27-38)55-58-56(35-24-28-53-45(30-35)41-16-6-10-20-51(41)63-53)60-57(59-55)36-25-29-54-46(31-36)42-17-7-11-21-52(42)64-54/h1-33H. The van der Waals surface area contributed by atoms with E-state index in [4.69, 9.17) is 15.0 Å². The van der Waals surface area contributed by atoms with Crippen LogP contribution in [0.5, 0.6) is 0 Å². The number of thiophene rings is 2. The smallest absolute Gasteiger partial charge is 0.164 e. The summed E-state index contributed by atoms with van der Waals surface area (Å²) in [4.78, 5) is 15.7. The van der Waals surface area contributed by atoms with Crippen molar-refractivity contribution in [3.05, 3.63) is 200 Å². The monoisotopic (exact) mass is 851 g/mol. The molecule has 0 saturated heterocycles. The fourth-order valence-electron chi connectivity index (χ4n) is 9.82. The van der Waals surface area contributed by atoms with Crippen LogP contribution in [-0.2, 0) is 0 Å². The van der Waals surface area contributed by atoms with E-state index in [-0.39, 0.29) is 0 Å². The lowest BCUT2D eigenvalue weighted by molar-refractivity contribution is 1.07. The van der Waals surface area contributed by atoms with Crippen LogP contribution in [0.15, 0.2) is 200 Å². The third kappa shape index (κ3) is 5.38. The van der Waals surface area contributed by atoms with Gasteiger partial charge >= 0.3 is 0 Å². The molecular weight excluding hydrogens is 819 g/mol. The van der Waals surface area contributed by atoms with Gasteiger partial charge in [0.15, 0.2) is 17.5 Å². The van der Waals surface area contributed by atoms with Gasteiger partial charge in [-0.05, 0) is 109 Å². The van der Waals surface area contributed by atoms with E-state index in [1.165, 1.54) is 72.9 Å². The summed E-state index contributed by atoms with van der Waals surface area (Å²) in [6, 6.07) is 72.0. The van der Waals surface area contributed by atoms with Gasteiger partial charge in [0.25, 0.3) is 0 Å². The van der Waals surface area contributed by atoms with Gasteiger partial charge in [-0.15, -0.1) is 22.7 Å².